The molecule has 0 radical (unpaired) electrons. The normalized spacial score (nSPS) is 13.7. The maximum atomic E-state index is 13.1. The topological polar surface area (TPSA) is 294 Å². The summed E-state index contributed by atoms with van der Waals surface area (Å²) in [4.78, 5) is 83.3. The van der Waals surface area contributed by atoms with E-state index in [2.05, 4.69) is 16.0 Å². The van der Waals surface area contributed by atoms with Crippen molar-refractivity contribution in [2.45, 2.75) is 62.7 Å². The first-order valence-electron chi connectivity index (χ1n) is 11.6. The SMILES string of the molecule is NC(=O)CCC(NC(=O)C(N)CC(N)=O)C(=O)NC(Cc1ccc(O)cc1)C(=O)NC(CCC(=O)O)C(=O)O. The van der Waals surface area contributed by atoms with Gasteiger partial charge in [-0.1, -0.05) is 12.1 Å². The van der Waals surface area contributed by atoms with Gasteiger partial charge >= 0.3 is 11.9 Å². The first kappa shape index (κ1) is 32.3. The van der Waals surface area contributed by atoms with Crippen LogP contribution >= 0.6 is 0 Å². The number of phenolic OH excluding ortho intramolecular Hbond substituents is 1. The van der Waals surface area contributed by atoms with E-state index in [0.29, 0.717) is 5.56 Å². The number of carbonyl (C=O) groups is 7. The highest BCUT2D eigenvalue weighted by Gasteiger charge is 2.31. The zero-order valence-electron chi connectivity index (χ0n) is 20.8. The van der Waals surface area contributed by atoms with E-state index in [-0.39, 0.29) is 25.0 Å². The van der Waals surface area contributed by atoms with Gasteiger partial charge in [0.05, 0.1) is 12.5 Å². The van der Waals surface area contributed by atoms with Crippen LogP contribution in [0.1, 0.15) is 37.7 Å². The quantitative estimate of drug-likeness (QED) is 0.0927. The molecule has 16 nitrogen and oxygen atoms in total. The molecule has 5 amide bonds. The fourth-order valence-corrected chi connectivity index (χ4v) is 3.29. The Labute approximate surface area is 222 Å². The molecule has 0 bridgehead atoms. The van der Waals surface area contributed by atoms with Crippen LogP contribution in [0.15, 0.2) is 24.3 Å². The zero-order chi connectivity index (χ0) is 29.7. The van der Waals surface area contributed by atoms with E-state index in [1.54, 1.807) is 0 Å². The van der Waals surface area contributed by atoms with Gasteiger partial charge < -0.3 is 48.5 Å². The number of amides is 5. The van der Waals surface area contributed by atoms with Crippen molar-refractivity contribution in [2.75, 3.05) is 0 Å². The lowest BCUT2D eigenvalue weighted by atomic mass is 10.0. The van der Waals surface area contributed by atoms with Crippen LogP contribution in [-0.2, 0) is 40.0 Å². The van der Waals surface area contributed by atoms with E-state index in [1.165, 1.54) is 24.3 Å². The van der Waals surface area contributed by atoms with Crippen molar-refractivity contribution in [3.8, 4) is 5.75 Å². The number of nitrogens with one attached hydrogen (secondary N) is 3. The van der Waals surface area contributed by atoms with Gasteiger partial charge in [0, 0.05) is 19.3 Å². The summed E-state index contributed by atoms with van der Waals surface area (Å²) in [5.41, 5.74) is 16.2. The average Bonchev–Trinajstić information content (AvgIpc) is 2.83. The van der Waals surface area contributed by atoms with Crippen LogP contribution in [0.3, 0.4) is 0 Å². The molecule has 0 aliphatic rings. The van der Waals surface area contributed by atoms with E-state index in [9.17, 15) is 43.8 Å². The Morgan fingerprint density at radius 1 is 0.718 bits per heavy atom. The number of hydrogen-bond acceptors (Lipinski definition) is 9. The Morgan fingerprint density at radius 2 is 1.23 bits per heavy atom. The summed E-state index contributed by atoms with van der Waals surface area (Å²) in [5, 5.41) is 34.6. The van der Waals surface area contributed by atoms with Crippen molar-refractivity contribution in [3.63, 3.8) is 0 Å². The second kappa shape index (κ2) is 15.5. The molecule has 4 atom stereocenters. The molecule has 16 heteroatoms. The second-order valence-electron chi connectivity index (χ2n) is 8.61. The highest BCUT2D eigenvalue weighted by Crippen LogP contribution is 2.12. The van der Waals surface area contributed by atoms with Crippen molar-refractivity contribution in [1.82, 2.24) is 16.0 Å². The summed E-state index contributed by atoms with van der Waals surface area (Å²) in [7, 11) is 0. The van der Waals surface area contributed by atoms with E-state index in [0.717, 1.165) is 0 Å². The summed E-state index contributed by atoms with van der Waals surface area (Å²) in [5.74, 6) is -7.45. The molecular formula is C23H32N6O10. The summed E-state index contributed by atoms with van der Waals surface area (Å²) < 4.78 is 0. The van der Waals surface area contributed by atoms with Gasteiger partial charge in [-0.3, -0.25) is 28.8 Å². The van der Waals surface area contributed by atoms with Crippen LogP contribution in [0.4, 0.5) is 0 Å². The number of hydrogen-bond donors (Lipinski definition) is 9. The number of carboxylic acids is 2. The van der Waals surface area contributed by atoms with Gasteiger partial charge in [-0.05, 0) is 30.5 Å². The van der Waals surface area contributed by atoms with Gasteiger partial charge in [-0.2, -0.15) is 0 Å². The molecule has 0 aliphatic carbocycles. The molecule has 0 fully saturated rings. The number of aliphatic carboxylic acids is 2. The third-order valence-corrected chi connectivity index (χ3v) is 5.34. The largest absolute Gasteiger partial charge is 0.508 e. The molecule has 1 rings (SSSR count). The van der Waals surface area contributed by atoms with Crippen LogP contribution in [0.5, 0.6) is 5.75 Å². The Kier molecular flexibility index (Phi) is 12.8. The minimum atomic E-state index is -1.59. The molecule has 12 N–H and O–H groups in total. The summed E-state index contributed by atoms with van der Waals surface area (Å²) in [6.45, 7) is 0. The van der Waals surface area contributed by atoms with Gasteiger partial charge in [0.2, 0.25) is 29.5 Å². The number of primary amides is 2. The number of nitrogens with two attached hydrogens (primary N) is 3. The molecule has 0 aliphatic heterocycles. The Hall–Kier alpha value is -4.73. The fourth-order valence-electron chi connectivity index (χ4n) is 3.29. The number of phenols is 1. The number of aromatic hydroxyl groups is 1. The van der Waals surface area contributed by atoms with Crippen molar-refractivity contribution >= 4 is 41.5 Å². The third-order valence-electron chi connectivity index (χ3n) is 5.34. The molecule has 214 valence electrons. The molecule has 0 aromatic heterocycles. The minimum absolute atomic E-state index is 0.0788. The van der Waals surface area contributed by atoms with E-state index in [1.807, 2.05) is 0 Å². The molecule has 1 aromatic rings. The predicted molar refractivity (Wildman–Crippen MR) is 132 cm³/mol. The molecule has 39 heavy (non-hydrogen) atoms. The van der Waals surface area contributed by atoms with Gasteiger partial charge in [0.1, 0.15) is 23.9 Å². The Bertz CT molecular complexity index is 1080. The molecule has 4 unspecified atom stereocenters. The molecule has 0 saturated carbocycles. The maximum Gasteiger partial charge on any atom is 0.326 e. The predicted octanol–water partition coefficient (Wildman–Crippen LogP) is -3.19. The highest BCUT2D eigenvalue weighted by atomic mass is 16.4. The van der Waals surface area contributed by atoms with E-state index < -0.39 is 84.9 Å². The maximum absolute atomic E-state index is 13.1. The monoisotopic (exact) mass is 552 g/mol. The summed E-state index contributed by atoms with van der Waals surface area (Å²) in [6.07, 6.45) is -2.39. The van der Waals surface area contributed by atoms with Gasteiger partial charge in [0.15, 0.2) is 0 Å². The fraction of sp³-hybridized carbons (Fsp3) is 0.435. The average molecular weight is 553 g/mol. The molecular weight excluding hydrogens is 520 g/mol. The summed E-state index contributed by atoms with van der Waals surface area (Å²) in [6, 6.07) is -0.378. The van der Waals surface area contributed by atoms with Gasteiger partial charge in [-0.25, -0.2) is 4.79 Å². The van der Waals surface area contributed by atoms with Gasteiger partial charge in [0.25, 0.3) is 0 Å². The van der Waals surface area contributed by atoms with Crippen molar-refractivity contribution in [1.29, 1.82) is 0 Å². The molecule has 0 heterocycles. The van der Waals surface area contributed by atoms with E-state index >= 15 is 0 Å². The number of carboxylic acid groups (broad SMARTS) is 2. The lowest BCUT2D eigenvalue weighted by Crippen LogP contribution is -2.58. The standard InChI is InChI=1S/C23H32N6O10/c24-13(10-18(26)32)20(35)27-14(5-7-17(25)31)21(36)29-16(9-11-1-3-12(30)4-2-11)22(37)28-15(23(38)39)6-8-19(33)34/h1-4,13-16,30H,5-10,24H2,(H2,25,31)(H2,26,32)(H,27,35)(H,28,37)(H,29,36)(H,33,34)(H,38,39). The first-order valence-corrected chi connectivity index (χ1v) is 11.6. The lowest BCUT2D eigenvalue weighted by molar-refractivity contribution is -0.143. The Balaban J connectivity index is 3.19. The number of rotatable bonds is 17. The van der Waals surface area contributed by atoms with Gasteiger partial charge in [-0.15, -0.1) is 0 Å². The zero-order valence-corrected chi connectivity index (χ0v) is 20.8. The lowest BCUT2D eigenvalue weighted by Gasteiger charge is -2.25. The second-order valence-corrected chi connectivity index (χ2v) is 8.61. The van der Waals surface area contributed by atoms with Crippen LogP contribution in [0, 0.1) is 0 Å². The number of carbonyl (C=O) groups excluding carboxylic acids is 5. The molecule has 0 saturated heterocycles. The van der Waals surface area contributed by atoms with Crippen LogP contribution in [-0.4, -0.2) is 81.0 Å². The summed E-state index contributed by atoms with van der Waals surface area (Å²) >= 11 is 0. The Morgan fingerprint density at radius 3 is 1.74 bits per heavy atom. The smallest absolute Gasteiger partial charge is 0.326 e. The molecule has 0 spiro atoms. The number of benzene rings is 1. The highest BCUT2D eigenvalue weighted by molar-refractivity contribution is 5.95. The van der Waals surface area contributed by atoms with Crippen LogP contribution in [0.25, 0.3) is 0 Å². The van der Waals surface area contributed by atoms with Crippen molar-refractivity contribution in [2.24, 2.45) is 17.2 Å². The van der Waals surface area contributed by atoms with E-state index in [4.69, 9.17) is 22.3 Å². The first-order chi connectivity index (χ1) is 18.2. The molecule has 1 aromatic carbocycles. The van der Waals surface area contributed by atoms with Crippen LogP contribution < -0.4 is 33.2 Å². The van der Waals surface area contributed by atoms with Crippen LogP contribution in [0.2, 0.25) is 0 Å². The van der Waals surface area contributed by atoms with Crippen molar-refractivity contribution in [3.05, 3.63) is 29.8 Å². The third kappa shape index (κ3) is 12.4. The van der Waals surface area contributed by atoms with Crippen molar-refractivity contribution < 1.29 is 48.9 Å². The minimum Gasteiger partial charge on any atom is -0.508 e.